The summed E-state index contributed by atoms with van der Waals surface area (Å²) in [5.74, 6) is 0. The quantitative estimate of drug-likeness (QED) is 0.664. The predicted molar refractivity (Wildman–Crippen MR) is 49.0 cm³/mol. The lowest BCUT2D eigenvalue weighted by atomic mass is 10.1. The fourth-order valence-corrected chi connectivity index (χ4v) is 1.90. The van der Waals surface area contributed by atoms with Crippen molar-refractivity contribution in [1.29, 1.82) is 0 Å². The predicted octanol–water partition coefficient (Wildman–Crippen LogP) is 0.491. The minimum Gasteiger partial charge on any atom is -0.388 e. The van der Waals surface area contributed by atoms with Gasteiger partial charge in [0.2, 0.25) is 0 Å². The first-order valence-corrected chi connectivity index (χ1v) is 4.73. The van der Waals surface area contributed by atoms with E-state index in [4.69, 9.17) is 0 Å². The standard InChI is InChI=1S/C8H10N2OS/c11-7-3-6(4-9-5-7)8-10-1-2-12-8/h1-3,7,9,11H,4-5H2. The number of aromatic nitrogens is 1. The second kappa shape index (κ2) is 3.35. The molecule has 1 aliphatic rings. The van der Waals surface area contributed by atoms with Crippen molar-refractivity contribution in [3.05, 3.63) is 22.7 Å². The summed E-state index contributed by atoms with van der Waals surface area (Å²) in [6, 6.07) is 0. The van der Waals surface area contributed by atoms with Crippen molar-refractivity contribution in [2.24, 2.45) is 0 Å². The number of aliphatic hydroxyl groups is 1. The SMILES string of the molecule is OC1C=C(c2nccs2)CNC1. The number of aliphatic hydroxyl groups excluding tert-OH is 1. The summed E-state index contributed by atoms with van der Waals surface area (Å²) >= 11 is 1.60. The van der Waals surface area contributed by atoms with Gasteiger partial charge in [0.05, 0.1) is 6.10 Å². The molecule has 0 saturated carbocycles. The van der Waals surface area contributed by atoms with Crippen LogP contribution in [0.5, 0.6) is 0 Å². The van der Waals surface area contributed by atoms with E-state index in [9.17, 15) is 5.11 Å². The fourth-order valence-electron chi connectivity index (χ4n) is 1.23. The second-order valence-electron chi connectivity index (χ2n) is 2.73. The van der Waals surface area contributed by atoms with E-state index < -0.39 is 0 Å². The lowest BCUT2D eigenvalue weighted by molar-refractivity contribution is 0.217. The van der Waals surface area contributed by atoms with Crippen molar-refractivity contribution in [2.45, 2.75) is 6.10 Å². The zero-order valence-electron chi connectivity index (χ0n) is 6.53. The topological polar surface area (TPSA) is 45.2 Å². The molecule has 0 saturated heterocycles. The zero-order valence-corrected chi connectivity index (χ0v) is 7.34. The van der Waals surface area contributed by atoms with Crippen molar-refractivity contribution in [1.82, 2.24) is 10.3 Å². The summed E-state index contributed by atoms with van der Waals surface area (Å²) in [5, 5.41) is 15.4. The van der Waals surface area contributed by atoms with Crippen molar-refractivity contribution >= 4 is 16.9 Å². The zero-order chi connectivity index (χ0) is 8.39. The van der Waals surface area contributed by atoms with Gasteiger partial charge in [0, 0.05) is 30.2 Å². The van der Waals surface area contributed by atoms with Crippen LogP contribution in [0.2, 0.25) is 0 Å². The molecule has 0 fully saturated rings. The molecule has 1 aromatic heterocycles. The molecule has 0 aromatic carbocycles. The van der Waals surface area contributed by atoms with Crippen LogP contribution in [-0.4, -0.2) is 29.3 Å². The number of nitrogens with zero attached hydrogens (tertiary/aromatic N) is 1. The third kappa shape index (κ3) is 1.55. The molecule has 1 atom stereocenters. The number of hydrogen-bond acceptors (Lipinski definition) is 4. The van der Waals surface area contributed by atoms with Gasteiger partial charge in [0.25, 0.3) is 0 Å². The van der Waals surface area contributed by atoms with E-state index in [0.29, 0.717) is 6.54 Å². The van der Waals surface area contributed by atoms with Crippen LogP contribution in [-0.2, 0) is 0 Å². The Labute approximate surface area is 74.8 Å². The summed E-state index contributed by atoms with van der Waals surface area (Å²) in [7, 11) is 0. The molecule has 12 heavy (non-hydrogen) atoms. The van der Waals surface area contributed by atoms with Gasteiger partial charge < -0.3 is 10.4 Å². The second-order valence-corrected chi connectivity index (χ2v) is 3.62. The van der Waals surface area contributed by atoms with Gasteiger partial charge in [-0.3, -0.25) is 0 Å². The Morgan fingerprint density at radius 1 is 1.67 bits per heavy atom. The van der Waals surface area contributed by atoms with E-state index in [0.717, 1.165) is 17.1 Å². The van der Waals surface area contributed by atoms with Gasteiger partial charge in [-0.15, -0.1) is 11.3 Å². The molecule has 4 heteroatoms. The van der Waals surface area contributed by atoms with Crippen LogP contribution >= 0.6 is 11.3 Å². The highest BCUT2D eigenvalue weighted by Crippen LogP contribution is 2.18. The monoisotopic (exact) mass is 182 g/mol. The fraction of sp³-hybridized carbons (Fsp3) is 0.375. The molecule has 2 heterocycles. The van der Waals surface area contributed by atoms with E-state index in [1.807, 2.05) is 11.5 Å². The Morgan fingerprint density at radius 2 is 2.58 bits per heavy atom. The highest BCUT2D eigenvalue weighted by atomic mass is 32.1. The summed E-state index contributed by atoms with van der Waals surface area (Å²) in [6.45, 7) is 1.46. The molecule has 0 amide bonds. The maximum Gasteiger partial charge on any atom is 0.120 e. The van der Waals surface area contributed by atoms with E-state index in [1.165, 1.54) is 0 Å². The molecule has 64 valence electrons. The Morgan fingerprint density at radius 3 is 3.25 bits per heavy atom. The minimum absolute atomic E-state index is 0.363. The minimum atomic E-state index is -0.363. The molecule has 2 rings (SSSR count). The van der Waals surface area contributed by atoms with Gasteiger partial charge in [-0.1, -0.05) is 0 Å². The number of β-amino-alcohol motifs (C(OH)–C–C–N with tert-alkyl or cyclic N) is 1. The molecule has 0 spiro atoms. The van der Waals surface area contributed by atoms with Crippen LogP contribution in [0.25, 0.3) is 5.57 Å². The van der Waals surface area contributed by atoms with Gasteiger partial charge >= 0.3 is 0 Å². The highest BCUT2D eigenvalue weighted by Gasteiger charge is 2.12. The lowest BCUT2D eigenvalue weighted by Crippen LogP contribution is -2.31. The van der Waals surface area contributed by atoms with Crippen LogP contribution in [0.3, 0.4) is 0 Å². The molecular weight excluding hydrogens is 172 g/mol. The third-order valence-corrected chi connectivity index (χ3v) is 2.62. The Bertz CT molecular complexity index is 281. The number of thiazole rings is 1. The summed E-state index contributed by atoms with van der Waals surface area (Å²) in [4.78, 5) is 4.17. The van der Waals surface area contributed by atoms with Crippen LogP contribution in [0.1, 0.15) is 5.01 Å². The first kappa shape index (κ1) is 7.91. The summed E-state index contributed by atoms with van der Waals surface area (Å²) < 4.78 is 0. The Hall–Kier alpha value is -0.710. The number of hydrogen-bond donors (Lipinski definition) is 2. The Kier molecular flexibility index (Phi) is 2.21. The van der Waals surface area contributed by atoms with Gasteiger partial charge in [0.15, 0.2) is 0 Å². The summed E-state index contributed by atoms with van der Waals surface area (Å²) in [5.41, 5.74) is 1.10. The van der Waals surface area contributed by atoms with Crippen LogP contribution < -0.4 is 5.32 Å². The number of nitrogens with one attached hydrogen (secondary N) is 1. The molecule has 1 aliphatic heterocycles. The van der Waals surface area contributed by atoms with Crippen molar-refractivity contribution < 1.29 is 5.11 Å². The van der Waals surface area contributed by atoms with Gasteiger partial charge in [-0.2, -0.15) is 0 Å². The smallest absolute Gasteiger partial charge is 0.120 e. The molecule has 0 radical (unpaired) electrons. The van der Waals surface area contributed by atoms with Crippen LogP contribution in [0.15, 0.2) is 17.7 Å². The molecule has 1 aromatic rings. The van der Waals surface area contributed by atoms with Gasteiger partial charge in [-0.05, 0) is 6.08 Å². The van der Waals surface area contributed by atoms with E-state index in [1.54, 1.807) is 17.5 Å². The van der Waals surface area contributed by atoms with Crippen LogP contribution in [0, 0.1) is 0 Å². The maximum absolute atomic E-state index is 9.32. The molecule has 3 nitrogen and oxygen atoms in total. The van der Waals surface area contributed by atoms with E-state index >= 15 is 0 Å². The van der Waals surface area contributed by atoms with Crippen LogP contribution in [0.4, 0.5) is 0 Å². The van der Waals surface area contributed by atoms with E-state index in [-0.39, 0.29) is 6.10 Å². The Balaban J connectivity index is 2.23. The van der Waals surface area contributed by atoms with Crippen molar-refractivity contribution in [3.8, 4) is 0 Å². The first-order valence-electron chi connectivity index (χ1n) is 3.85. The summed E-state index contributed by atoms with van der Waals surface area (Å²) in [6.07, 6.45) is 3.29. The average Bonchev–Trinajstić information content (AvgIpc) is 2.56. The molecular formula is C8H10N2OS. The lowest BCUT2D eigenvalue weighted by Gasteiger charge is -2.16. The molecule has 0 aliphatic carbocycles. The van der Waals surface area contributed by atoms with Gasteiger partial charge in [0.1, 0.15) is 5.01 Å². The van der Waals surface area contributed by atoms with E-state index in [2.05, 4.69) is 10.3 Å². The molecule has 1 unspecified atom stereocenters. The molecule has 0 bridgehead atoms. The molecule has 2 N–H and O–H groups in total. The largest absolute Gasteiger partial charge is 0.388 e. The number of rotatable bonds is 1. The van der Waals surface area contributed by atoms with Crippen molar-refractivity contribution in [3.63, 3.8) is 0 Å². The first-order chi connectivity index (χ1) is 5.86. The maximum atomic E-state index is 9.32. The van der Waals surface area contributed by atoms with Gasteiger partial charge in [-0.25, -0.2) is 4.98 Å². The normalized spacial score (nSPS) is 23.8. The third-order valence-electron chi connectivity index (χ3n) is 1.77. The highest BCUT2D eigenvalue weighted by molar-refractivity contribution is 7.10. The average molecular weight is 182 g/mol. The van der Waals surface area contributed by atoms with Crippen molar-refractivity contribution in [2.75, 3.05) is 13.1 Å².